The van der Waals surface area contributed by atoms with E-state index in [0.29, 0.717) is 17.3 Å². The number of nitrogens with one attached hydrogen (secondary N) is 1. The van der Waals surface area contributed by atoms with E-state index in [-0.39, 0.29) is 29.4 Å². The summed E-state index contributed by atoms with van der Waals surface area (Å²) in [5.41, 5.74) is 1.10. The smallest absolute Gasteiger partial charge is 0.243 e. The number of amides is 1. The molecule has 12 heteroatoms. The first kappa shape index (κ1) is 28.6. The van der Waals surface area contributed by atoms with Gasteiger partial charge in [0.05, 0.1) is 9.79 Å². The maximum Gasteiger partial charge on any atom is 0.243 e. The fraction of sp³-hybridized carbons (Fsp3) is 0.269. The number of halogens is 1. The van der Waals surface area contributed by atoms with Crippen LogP contribution in [0.2, 0.25) is 5.02 Å². The van der Waals surface area contributed by atoms with E-state index < -0.39 is 32.0 Å². The average molecular weight is 594 g/mol. The van der Waals surface area contributed by atoms with Crippen molar-refractivity contribution < 1.29 is 21.6 Å². The molecule has 1 aliphatic rings. The maximum atomic E-state index is 13.4. The van der Waals surface area contributed by atoms with Crippen LogP contribution in [0.3, 0.4) is 0 Å². The number of hydrogen-bond donors (Lipinski definition) is 1. The van der Waals surface area contributed by atoms with Gasteiger partial charge >= 0.3 is 0 Å². The van der Waals surface area contributed by atoms with Gasteiger partial charge in [-0.2, -0.15) is 20.4 Å². The second-order valence-corrected chi connectivity index (χ2v) is 14.0. The molecule has 0 saturated carbocycles. The van der Waals surface area contributed by atoms with Gasteiger partial charge in [0, 0.05) is 42.7 Å². The minimum Gasteiger partial charge on any atom is -0.354 e. The number of nitrogens with zero attached hydrogens (tertiary/aromatic N) is 2. The summed E-state index contributed by atoms with van der Waals surface area (Å²) < 4.78 is 55.7. The zero-order valence-corrected chi connectivity index (χ0v) is 23.6. The molecular formula is C26H28ClN3O5S3. The Bertz CT molecular complexity index is 1440. The Labute approximate surface area is 233 Å². The van der Waals surface area contributed by atoms with Crippen LogP contribution >= 0.6 is 23.4 Å². The highest BCUT2D eigenvalue weighted by Gasteiger charge is 2.43. The molecule has 0 aliphatic carbocycles. The van der Waals surface area contributed by atoms with Gasteiger partial charge in [0.2, 0.25) is 26.0 Å². The van der Waals surface area contributed by atoms with Crippen molar-refractivity contribution in [1.29, 1.82) is 0 Å². The highest BCUT2D eigenvalue weighted by atomic mass is 35.5. The second kappa shape index (κ2) is 12.6. The Morgan fingerprint density at radius 2 is 1.42 bits per heavy atom. The van der Waals surface area contributed by atoms with Crippen LogP contribution in [0.15, 0.2) is 94.7 Å². The van der Waals surface area contributed by atoms with Crippen LogP contribution in [0.5, 0.6) is 0 Å². The zero-order valence-electron chi connectivity index (χ0n) is 20.4. The molecule has 1 N–H and O–H groups in total. The Morgan fingerprint density at radius 1 is 0.842 bits per heavy atom. The molecule has 4 rings (SSSR count). The van der Waals surface area contributed by atoms with Gasteiger partial charge in [-0.15, -0.1) is 0 Å². The summed E-state index contributed by atoms with van der Waals surface area (Å²) >= 11 is 7.53. The van der Waals surface area contributed by atoms with Crippen LogP contribution < -0.4 is 5.32 Å². The predicted octanol–water partition coefficient (Wildman–Crippen LogP) is 3.45. The van der Waals surface area contributed by atoms with Crippen molar-refractivity contribution >= 4 is 49.3 Å². The molecule has 38 heavy (non-hydrogen) atoms. The Morgan fingerprint density at radius 3 is 2.03 bits per heavy atom. The van der Waals surface area contributed by atoms with Gasteiger partial charge in [-0.1, -0.05) is 60.1 Å². The Balaban J connectivity index is 1.47. The van der Waals surface area contributed by atoms with Gasteiger partial charge in [0.15, 0.2) is 0 Å². The topological polar surface area (TPSA) is 104 Å². The van der Waals surface area contributed by atoms with Gasteiger partial charge < -0.3 is 5.32 Å². The summed E-state index contributed by atoms with van der Waals surface area (Å²) in [6, 6.07) is 22.1. The van der Waals surface area contributed by atoms with Crippen molar-refractivity contribution in [2.75, 3.05) is 31.9 Å². The third-order valence-electron chi connectivity index (χ3n) is 6.06. The maximum absolute atomic E-state index is 13.4. The molecule has 3 aromatic rings. The molecule has 0 unspecified atom stereocenters. The molecule has 1 fully saturated rings. The molecule has 8 nitrogen and oxygen atoms in total. The molecule has 0 aromatic heterocycles. The van der Waals surface area contributed by atoms with Crippen LogP contribution in [0.25, 0.3) is 0 Å². The monoisotopic (exact) mass is 593 g/mol. The summed E-state index contributed by atoms with van der Waals surface area (Å²) in [4.78, 5) is 13.4. The molecule has 3 aromatic carbocycles. The third kappa shape index (κ3) is 6.77. The van der Waals surface area contributed by atoms with Gasteiger partial charge in [-0.25, -0.2) is 16.8 Å². The van der Waals surface area contributed by atoms with E-state index in [2.05, 4.69) is 5.32 Å². The number of hydrogen-bond acceptors (Lipinski definition) is 6. The first-order chi connectivity index (χ1) is 18.2. The Kier molecular flexibility index (Phi) is 9.50. The minimum absolute atomic E-state index is 0.0516. The molecule has 1 aliphatic heterocycles. The van der Waals surface area contributed by atoms with E-state index in [0.717, 1.165) is 15.6 Å². The highest BCUT2D eigenvalue weighted by Crippen LogP contribution is 2.25. The van der Waals surface area contributed by atoms with E-state index in [1.165, 1.54) is 28.6 Å². The quantitative estimate of drug-likeness (QED) is 0.361. The average Bonchev–Trinajstić information content (AvgIpc) is 2.94. The number of piperazine rings is 1. The van der Waals surface area contributed by atoms with Crippen LogP contribution in [-0.4, -0.2) is 69.3 Å². The van der Waals surface area contributed by atoms with Crippen molar-refractivity contribution in [3.05, 3.63) is 95.5 Å². The lowest BCUT2D eigenvalue weighted by molar-refractivity contribution is -0.125. The number of carbonyl (C=O) groups excluding carboxylic acids is 1. The lowest BCUT2D eigenvalue weighted by atomic mass is 10.2. The molecule has 0 radical (unpaired) electrons. The third-order valence-corrected chi connectivity index (χ3v) is 11.1. The van der Waals surface area contributed by atoms with Crippen molar-refractivity contribution in [3.8, 4) is 0 Å². The van der Waals surface area contributed by atoms with Crippen LogP contribution in [0.1, 0.15) is 5.56 Å². The van der Waals surface area contributed by atoms with Crippen molar-refractivity contribution in [2.24, 2.45) is 0 Å². The molecule has 1 saturated heterocycles. The van der Waals surface area contributed by atoms with Crippen molar-refractivity contribution in [2.45, 2.75) is 21.6 Å². The summed E-state index contributed by atoms with van der Waals surface area (Å²) in [5.74, 6) is 0.789. The number of rotatable bonds is 10. The molecule has 1 heterocycles. The lowest BCUT2D eigenvalue weighted by Gasteiger charge is -2.38. The number of carbonyl (C=O) groups is 1. The zero-order chi connectivity index (χ0) is 27.2. The second-order valence-electron chi connectivity index (χ2n) is 8.59. The SMILES string of the molecule is O=C(NCCSCc1ccc(Cl)cc1)[C@@H]1CN(S(=O)(=O)c2ccccc2)CCN1S(=O)(=O)c1ccccc1. The lowest BCUT2D eigenvalue weighted by Crippen LogP contribution is -2.61. The Hall–Kier alpha value is -2.41. The van der Waals surface area contributed by atoms with Crippen LogP contribution in [0.4, 0.5) is 0 Å². The number of sulfonamides is 2. The molecule has 0 spiro atoms. The number of thioether (sulfide) groups is 1. The van der Waals surface area contributed by atoms with Crippen molar-refractivity contribution in [1.82, 2.24) is 13.9 Å². The largest absolute Gasteiger partial charge is 0.354 e. The van der Waals surface area contributed by atoms with Gasteiger partial charge in [0.1, 0.15) is 6.04 Å². The number of benzene rings is 3. The normalized spacial score (nSPS) is 17.2. The molecule has 1 amide bonds. The standard InChI is InChI=1S/C26H28ClN3O5S3/c27-22-13-11-21(12-14-22)20-36-18-15-28-26(31)25-19-29(37(32,33)23-7-3-1-4-8-23)16-17-30(25)38(34,35)24-9-5-2-6-10-24/h1-14,25H,15-20H2,(H,28,31)/t25-/m0/s1. The summed E-state index contributed by atoms with van der Waals surface area (Å²) in [6.45, 7) is -0.192. The van der Waals surface area contributed by atoms with Crippen LogP contribution in [0, 0.1) is 0 Å². The fourth-order valence-corrected chi connectivity index (χ4v) is 8.06. The highest BCUT2D eigenvalue weighted by molar-refractivity contribution is 7.98. The summed E-state index contributed by atoms with van der Waals surface area (Å²) in [5, 5.41) is 3.47. The first-order valence-corrected chi connectivity index (χ1v) is 16.3. The van der Waals surface area contributed by atoms with E-state index >= 15 is 0 Å². The summed E-state index contributed by atoms with van der Waals surface area (Å²) in [7, 11) is -7.94. The van der Waals surface area contributed by atoms with E-state index in [1.54, 1.807) is 48.2 Å². The molecule has 202 valence electrons. The fourth-order valence-electron chi connectivity index (χ4n) is 4.07. The first-order valence-electron chi connectivity index (χ1n) is 11.9. The van der Waals surface area contributed by atoms with Gasteiger partial charge in [0.25, 0.3) is 0 Å². The van der Waals surface area contributed by atoms with Gasteiger partial charge in [-0.3, -0.25) is 4.79 Å². The van der Waals surface area contributed by atoms with E-state index in [9.17, 15) is 21.6 Å². The molecule has 1 atom stereocenters. The van der Waals surface area contributed by atoms with E-state index in [1.807, 2.05) is 24.3 Å². The predicted molar refractivity (Wildman–Crippen MR) is 150 cm³/mol. The summed E-state index contributed by atoms with van der Waals surface area (Å²) in [6.07, 6.45) is 0. The molecular weight excluding hydrogens is 566 g/mol. The van der Waals surface area contributed by atoms with Gasteiger partial charge in [-0.05, 0) is 42.0 Å². The van der Waals surface area contributed by atoms with E-state index in [4.69, 9.17) is 11.6 Å². The van der Waals surface area contributed by atoms with Crippen LogP contribution in [-0.2, 0) is 30.6 Å². The molecule has 0 bridgehead atoms. The van der Waals surface area contributed by atoms with Crippen molar-refractivity contribution in [3.63, 3.8) is 0 Å². The minimum atomic E-state index is -4.03.